The highest BCUT2D eigenvalue weighted by Gasteiger charge is 2.18. The number of anilines is 1. The van der Waals surface area contributed by atoms with E-state index in [4.69, 9.17) is 25.8 Å². The number of halogens is 1. The Morgan fingerprint density at radius 1 is 1.00 bits per heavy atom. The molecule has 0 bridgehead atoms. The second kappa shape index (κ2) is 8.12. The number of benzene rings is 2. The monoisotopic (exact) mass is 363 g/mol. The van der Waals surface area contributed by atoms with Gasteiger partial charge in [-0.2, -0.15) is 0 Å². The number of nitrogens with one attached hydrogen (secondary N) is 1. The maximum atomic E-state index is 12.5. The number of hydrogen-bond acceptors (Lipinski definition) is 4. The van der Waals surface area contributed by atoms with Crippen LogP contribution in [0.25, 0.3) is 0 Å². The normalized spacial score (nSPS) is 11.6. The van der Waals surface area contributed by atoms with Crippen molar-refractivity contribution in [2.75, 3.05) is 19.5 Å². The number of carbonyl (C=O) groups excluding carboxylic acids is 1. The van der Waals surface area contributed by atoms with Crippen molar-refractivity contribution in [3.63, 3.8) is 0 Å². The summed E-state index contributed by atoms with van der Waals surface area (Å²) in [6, 6.07) is 9.03. The molecular weight excluding hydrogens is 342 g/mol. The number of rotatable bonds is 6. The minimum absolute atomic E-state index is 0.304. The Morgan fingerprint density at radius 2 is 1.60 bits per heavy atom. The molecule has 0 aliphatic rings. The first-order valence-electron chi connectivity index (χ1n) is 7.81. The second-order valence-corrected chi connectivity index (χ2v) is 6.17. The summed E-state index contributed by atoms with van der Waals surface area (Å²) in [5.41, 5.74) is 2.61. The zero-order valence-electron chi connectivity index (χ0n) is 15.0. The number of hydrogen-bond donors (Lipinski definition) is 1. The molecule has 134 valence electrons. The van der Waals surface area contributed by atoms with Gasteiger partial charge in [0.2, 0.25) is 0 Å². The molecule has 2 aromatic carbocycles. The van der Waals surface area contributed by atoms with Crippen LogP contribution < -0.4 is 19.5 Å². The first-order valence-corrected chi connectivity index (χ1v) is 8.19. The molecule has 0 aliphatic heterocycles. The van der Waals surface area contributed by atoms with Crippen molar-refractivity contribution < 1.29 is 19.0 Å². The first-order chi connectivity index (χ1) is 11.8. The van der Waals surface area contributed by atoms with Gasteiger partial charge in [0.15, 0.2) is 6.10 Å². The maximum absolute atomic E-state index is 12.5. The highest BCUT2D eigenvalue weighted by Crippen LogP contribution is 2.36. The molecule has 1 amide bonds. The molecule has 1 unspecified atom stereocenters. The number of methoxy groups -OCH3 is 2. The van der Waals surface area contributed by atoms with Crippen LogP contribution in [0.2, 0.25) is 5.02 Å². The lowest BCUT2D eigenvalue weighted by molar-refractivity contribution is -0.122. The van der Waals surface area contributed by atoms with Crippen molar-refractivity contribution in [2.45, 2.75) is 26.9 Å². The number of amides is 1. The quantitative estimate of drug-likeness (QED) is 0.827. The van der Waals surface area contributed by atoms with Crippen LogP contribution in [0.3, 0.4) is 0 Å². The van der Waals surface area contributed by atoms with Crippen molar-refractivity contribution in [1.82, 2.24) is 0 Å². The van der Waals surface area contributed by atoms with Crippen molar-refractivity contribution in [1.29, 1.82) is 0 Å². The molecular formula is C19H22ClNO4. The minimum atomic E-state index is -0.687. The molecule has 0 aromatic heterocycles. The van der Waals surface area contributed by atoms with Crippen LogP contribution in [0.5, 0.6) is 17.2 Å². The Kier molecular flexibility index (Phi) is 6.15. The lowest BCUT2D eigenvalue weighted by atomic mass is 10.1. The molecule has 0 saturated carbocycles. The van der Waals surface area contributed by atoms with E-state index in [-0.39, 0.29) is 5.91 Å². The SMILES string of the molecule is COc1cc(NC(=O)C(C)Oc2cc(C)cc(C)c2)c(OC)cc1Cl. The summed E-state index contributed by atoms with van der Waals surface area (Å²) in [5, 5.41) is 3.18. The molecule has 25 heavy (non-hydrogen) atoms. The predicted molar refractivity (Wildman–Crippen MR) is 99.2 cm³/mol. The largest absolute Gasteiger partial charge is 0.495 e. The second-order valence-electron chi connectivity index (χ2n) is 5.76. The van der Waals surface area contributed by atoms with E-state index >= 15 is 0 Å². The summed E-state index contributed by atoms with van der Waals surface area (Å²) in [4.78, 5) is 12.5. The summed E-state index contributed by atoms with van der Waals surface area (Å²) in [6.07, 6.45) is -0.687. The minimum Gasteiger partial charge on any atom is -0.495 e. The predicted octanol–water partition coefficient (Wildman–Crippen LogP) is 4.38. The molecule has 0 saturated heterocycles. The van der Waals surface area contributed by atoms with Gasteiger partial charge in [-0.15, -0.1) is 0 Å². The zero-order chi connectivity index (χ0) is 18.6. The summed E-state index contributed by atoms with van der Waals surface area (Å²) >= 11 is 6.07. The van der Waals surface area contributed by atoms with E-state index in [0.29, 0.717) is 28.0 Å². The van der Waals surface area contributed by atoms with Gasteiger partial charge in [0, 0.05) is 12.1 Å². The molecule has 1 N–H and O–H groups in total. The Balaban J connectivity index is 2.15. The van der Waals surface area contributed by atoms with Gasteiger partial charge in [0.1, 0.15) is 17.2 Å². The molecule has 2 rings (SSSR count). The standard InChI is InChI=1S/C19H22ClNO4/c1-11-6-12(2)8-14(7-11)25-13(3)19(22)21-16-10-17(23-4)15(20)9-18(16)24-5/h6-10,13H,1-5H3,(H,21,22). The molecule has 6 heteroatoms. The Labute approximate surface area is 152 Å². The van der Waals surface area contributed by atoms with Crippen LogP contribution >= 0.6 is 11.6 Å². The summed E-state index contributed by atoms with van der Waals surface area (Å²) in [7, 11) is 3.01. The van der Waals surface area contributed by atoms with Crippen LogP contribution in [-0.2, 0) is 4.79 Å². The van der Waals surface area contributed by atoms with E-state index in [9.17, 15) is 4.79 Å². The topological polar surface area (TPSA) is 56.8 Å². The lowest BCUT2D eigenvalue weighted by Gasteiger charge is -2.17. The van der Waals surface area contributed by atoms with E-state index < -0.39 is 6.10 Å². The van der Waals surface area contributed by atoms with Crippen molar-refractivity contribution >= 4 is 23.2 Å². The lowest BCUT2D eigenvalue weighted by Crippen LogP contribution is -2.30. The van der Waals surface area contributed by atoms with E-state index in [0.717, 1.165) is 11.1 Å². The average molecular weight is 364 g/mol. The fourth-order valence-corrected chi connectivity index (χ4v) is 2.68. The van der Waals surface area contributed by atoms with Gasteiger partial charge in [-0.25, -0.2) is 0 Å². The van der Waals surface area contributed by atoms with E-state index in [1.54, 1.807) is 19.1 Å². The smallest absolute Gasteiger partial charge is 0.265 e. The van der Waals surface area contributed by atoms with Gasteiger partial charge < -0.3 is 19.5 Å². The zero-order valence-corrected chi connectivity index (χ0v) is 15.7. The molecule has 0 radical (unpaired) electrons. The highest BCUT2D eigenvalue weighted by molar-refractivity contribution is 6.32. The molecule has 5 nitrogen and oxygen atoms in total. The third kappa shape index (κ3) is 4.79. The fraction of sp³-hybridized carbons (Fsp3) is 0.316. The summed E-state index contributed by atoms with van der Waals surface area (Å²) in [6.45, 7) is 5.65. The number of ether oxygens (including phenoxy) is 3. The van der Waals surface area contributed by atoms with Crippen molar-refractivity contribution in [3.05, 3.63) is 46.5 Å². The molecule has 1 atom stereocenters. The molecule has 0 aliphatic carbocycles. The molecule has 2 aromatic rings. The van der Waals surface area contributed by atoms with Gasteiger partial charge in [-0.1, -0.05) is 17.7 Å². The Bertz CT molecular complexity index is 756. The van der Waals surface area contributed by atoms with Gasteiger partial charge in [-0.05, 0) is 44.0 Å². The van der Waals surface area contributed by atoms with Gasteiger partial charge in [0.05, 0.1) is 24.9 Å². The van der Waals surface area contributed by atoms with E-state index in [1.807, 2.05) is 32.0 Å². The molecule has 0 spiro atoms. The first kappa shape index (κ1) is 18.9. The van der Waals surface area contributed by atoms with Gasteiger partial charge in [-0.3, -0.25) is 4.79 Å². The van der Waals surface area contributed by atoms with Crippen LogP contribution in [0.4, 0.5) is 5.69 Å². The third-order valence-corrected chi connectivity index (χ3v) is 3.90. The molecule has 0 heterocycles. The Hall–Kier alpha value is -2.40. The summed E-state index contributed by atoms with van der Waals surface area (Å²) in [5.74, 6) is 1.24. The van der Waals surface area contributed by atoms with E-state index in [1.165, 1.54) is 14.2 Å². The van der Waals surface area contributed by atoms with Crippen LogP contribution in [0.15, 0.2) is 30.3 Å². The van der Waals surface area contributed by atoms with Crippen LogP contribution in [0, 0.1) is 13.8 Å². The molecule has 0 fully saturated rings. The van der Waals surface area contributed by atoms with Crippen molar-refractivity contribution in [2.24, 2.45) is 0 Å². The van der Waals surface area contributed by atoms with Crippen molar-refractivity contribution in [3.8, 4) is 17.2 Å². The van der Waals surface area contributed by atoms with Crippen LogP contribution in [0.1, 0.15) is 18.1 Å². The maximum Gasteiger partial charge on any atom is 0.265 e. The van der Waals surface area contributed by atoms with Gasteiger partial charge >= 0.3 is 0 Å². The van der Waals surface area contributed by atoms with Crippen LogP contribution in [-0.4, -0.2) is 26.2 Å². The third-order valence-electron chi connectivity index (χ3n) is 3.61. The highest BCUT2D eigenvalue weighted by atomic mass is 35.5. The van der Waals surface area contributed by atoms with Gasteiger partial charge in [0.25, 0.3) is 5.91 Å². The summed E-state index contributed by atoms with van der Waals surface area (Å²) < 4.78 is 16.2. The number of aryl methyl sites for hydroxylation is 2. The van der Waals surface area contributed by atoms with E-state index in [2.05, 4.69) is 5.32 Å². The number of carbonyl (C=O) groups is 1. The average Bonchev–Trinajstić information content (AvgIpc) is 2.54. The fourth-order valence-electron chi connectivity index (χ4n) is 2.45. The Morgan fingerprint density at radius 3 is 2.16 bits per heavy atom.